The molecule has 1 fully saturated rings. The van der Waals surface area contributed by atoms with Crippen LogP contribution in [0.15, 0.2) is 12.3 Å². The quantitative estimate of drug-likeness (QED) is 0.844. The van der Waals surface area contributed by atoms with E-state index >= 15 is 0 Å². The van der Waals surface area contributed by atoms with Crippen LogP contribution < -0.4 is 10.6 Å². The van der Waals surface area contributed by atoms with Crippen LogP contribution in [-0.4, -0.2) is 42.9 Å². The van der Waals surface area contributed by atoms with Crippen LogP contribution in [0.4, 0.5) is 11.5 Å². The zero-order valence-corrected chi connectivity index (χ0v) is 12.2. The van der Waals surface area contributed by atoms with Crippen molar-refractivity contribution in [3.05, 3.63) is 17.8 Å². The maximum atomic E-state index is 11.9. The topological polar surface area (TPSA) is 77.7 Å². The van der Waals surface area contributed by atoms with Gasteiger partial charge in [-0.3, -0.25) is 0 Å². The van der Waals surface area contributed by atoms with Gasteiger partial charge in [0, 0.05) is 6.54 Å². The van der Waals surface area contributed by atoms with Crippen LogP contribution >= 0.6 is 0 Å². The first-order chi connectivity index (χ1) is 9.45. The number of anilines is 2. The molecular formula is C14H21N3O3. The van der Waals surface area contributed by atoms with Gasteiger partial charge in [0.25, 0.3) is 0 Å². The number of morpholine rings is 1. The molecule has 2 heterocycles. The molecule has 0 spiro atoms. The molecule has 2 rings (SSSR count). The Morgan fingerprint density at radius 3 is 3.00 bits per heavy atom. The highest BCUT2D eigenvalue weighted by atomic mass is 16.5. The zero-order valence-electron chi connectivity index (χ0n) is 12.2. The molecule has 6 nitrogen and oxygen atoms in total. The summed E-state index contributed by atoms with van der Waals surface area (Å²) in [7, 11) is 0. The molecule has 1 aliphatic rings. The van der Waals surface area contributed by atoms with Gasteiger partial charge in [0.1, 0.15) is 5.82 Å². The molecule has 2 N–H and O–H groups in total. The molecule has 0 aromatic carbocycles. The van der Waals surface area contributed by atoms with Gasteiger partial charge >= 0.3 is 5.97 Å². The van der Waals surface area contributed by atoms with Crippen molar-refractivity contribution in [2.24, 2.45) is 0 Å². The highest BCUT2D eigenvalue weighted by Crippen LogP contribution is 2.27. The van der Waals surface area contributed by atoms with Crippen LogP contribution in [0.2, 0.25) is 0 Å². The molecule has 6 heteroatoms. The molecule has 1 saturated heterocycles. The second-order valence-corrected chi connectivity index (χ2v) is 5.37. The van der Waals surface area contributed by atoms with Crippen LogP contribution in [-0.2, 0) is 9.47 Å². The molecule has 0 saturated carbocycles. The third-order valence-electron chi connectivity index (χ3n) is 3.34. The lowest BCUT2D eigenvalue weighted by molar-refractivity contribution is 0.0527. The van der Waals surface area contributed by atoms with Gasteiger partial charge in [0.15, 0.2) is 0 Å². The standard InChI is InChI=1S/C14H21N3O3/c1-4-20-13(18)10-7-12(16-8-11(10)15)17-5-6-19-9-14(17,2)3/h7-8H,4-6,9,15H2,1-3H3. The van der Waals surface area contributed by atoms with Crippen molar-refractivity contribution in [3.63, 3.8) is 0 Å². The van der Waals surface area contributed by atoms with Crippen molar-refractivity contribution < 1.29 is 14.3 Å². The minimum Gasteiger partial charge on any atom is -0.462 e. The van der Waals surface area contributed by atoms with E-state index in [1.807, 2.05) is 0 Å². The van der Waals surface area contributed by atoms with Crippen LogP contribution in [0.5, 0.6) is 0 Å². The van der Waals surface area contributed by atoms with Crippen molar-refractivity contribution in [3.8, 4) is 0 Å². The molecule has 1 aromatic rings. The zero-order chi connectivity index (χ0) is 14.8. The van der Waals surface area contributed by atoms with Gasteiger partial charge in [-0.2, -0.15) is 0 Å². The van der Waals surface area contributed by atoms with Crippen LogP contribution in [0, 0.1) is 0 Å². The first-order valence-electron chi connectivity index (χ1n) is 6.73. The minimum absolute atomic E-state index is 0.173. The number of pyridine rings is 1. The molecule has 0 unspecified atom stereocenters. The summed E-state index contributed by atoms with van der Waals surface area (Å²) in [5, 5.41) is 0. The average molecular weight is 279 g/mol. The molecule has 0 amide bonds. The van der Waals surface area contributed by atoms with E-state index < -0.39 is 5.97 Å². The summed E-state index contributed by atoms with van der Waals surface area (Å²) in [6.45, 7) is 8.23. The molecule has 110 valence electrons. The van der Waals surface area contributed by atoms with Gasteiger partial charge in [0.2, 0.25) is 0 Å². The van der Waals surface area contributed by atoms with Crippen LogP contribution in [0.3, 0.4) is 0 Å². The third kappa shape index (κ3) is 2.85. The molecular weight excluding hydrogens is 258 g/mol. The SMILES string of the molecule is CCOC(=O)c1cc(N2CCOCC2(C)C)ncc1N. The summed E-state index contributed by atoms with van der Waals surface area (Å²) in [6, 6.07) is 1.69. The summed E-state index contributed by atoms with van der Waals surface area (Å²) in [6.07, 6.45) is 1.51. The van der Waals surface area contributed by atoms with E-state index in [0.717, 1.165) is 12.4 Å². The highest BCUT2D eigenvalue weighted by molar-refractivity contribution is 5.95. The summed E-state index contributed by atoms with van der Waals surface area (Å²) >= 11 is 0. The summed E-state index contributed by atoms with van der Waals surface area (Å²) in [4.78, 5) is 18.4. The van der Waals surface area contributed by atoms with Gasteiger partial charge in [-0.25, -0.2) is 9.78 Å². The largest absolute Gasteiger partial charge is 0.462 e. The molecule has 0 radical (unpaired) electrons. The fourth-order valence-corrected chi connectivity index (χ4v) is 2.27. The van der Waals surface area contributed by atoms with Gasteiger partial charge in [-0.15, -0.1) is 0 Å². The number of nitrogens with two attached hydrogens (primary N) is 1. The second-order valence-electron chi connectivity index (χ2n) is 5.37. The Kier molecular flexibility index (Phi) is 4.13. The van der Waals surface area contributed by atoms with Gasteiger partial charge < -0.3 is 20.1 Å². The Morgan fingerprint density at radius 2 is 2.35 bits per heavy atom. The maximum absolute atomic E-state index is 11.9. The van der Waals surface area contributed by atoms with Crippen molar-refractivity contribution in [1.29, 1.82) is 0 Å². The number of aromatic nitrogens is 1. The summed E-state index contributed by atoms with van der Waals surface area (Å²) < 4.78 is 10.5. The summed E-state index contributed by atoms with van der Waals surface area (Å²) in [5.41, 5.74) is 6.33. The van der Waals surface area contributed by atoms with E-state index in [1.165, 1.54) is 6.20 Å². The number of carbonyl (C=O) groups is 1. The number of ether oxygens (including phenoxy) is 2. The number of hydrogen-bond acceptors (Lipinski definition) is 6. The van der Waals surface area contributed by atoms with E-state index in [9.17, 15) is 4.79 Å². The van der Waals surface area contributed by atoms with E-state index in [1.54, 1.807) is 13.0 Å². The maximum Gasteiger partial charge on any atom is 0.340 e. The fraction of sp³-hybridized carbons (Fsp3) is 0.571. The Bertz CT molecular complexity index is 502. The Balaban J connectivity index is 2.33. The molecule has 1 aliphatic heterocycles. The molecule has 20 heavy (non-hydrogen) atoms. The van der Waals surface area contributed by atoms with Crippen molar-refractivity contribution in [1.82, 2.24) is 4.98 Å². The third-order valence-corrected chi connectivity index (χ3v) is 3.34. The molecule has 0 aliphatic carbocycles. The van der Waals surface area contributed by atoms with E-state index in [0.29, 0.717) is 31.1 Å². The predicted molar refractivity (Wildman–Crippen MR) is 76.8 cm³/mol. The van der Waals surface area contributed by atoms with Crippen molar-refractivity contribution in [2.75, 3.05) is 37.0 Å². The minimum atomic E-state index is -0.417. The normalized spacial score (nSPS) is 17.9. The van der Waals surface area contributed by atoms with Crippen LogP contribution in [0.1, 0.15) is 31.1 Å². The Labute approximate surface area is 118 Å². The van der Waals surface area contributed by atoms with Gasteiger partial charge in [-0.05, 0) is 26.8 Å². The first-order valence-corrected chi connectivity index (χ1v) is 6.73. The number of carbonyl (C=O) groups excluding carboxylic acids is 1. The fourth-order valence-electron chi connectivity index (χ4n) is 2.27. The number of nitrogen functional groups attached to an aromatic ring is 1. The first kappa shape index (κ1) is 14.6. The van der Waals surface area contributed by atoms with Crippen molar-refractivity contribution >= 4 is 17.5 Å². The number of esters is 1. The molecule has 1 aromatic heterocycles. The molecule has 0 bridgehead atoms. The van der Waals surface area contributed by atoms with Crippen LogP contribution in [0.25, 0.3) is 0 Å². The monoisotopic (exact) mass is 279 g/mol. The highest BCUT2D eigenvalue weighted by Gasteiger charge is 2.32. The Morgan fingerprint density at radius 1 is 1.60 bits per heavy atom. The average Bonchev–Trinajstić information content (AvgIpc) is 2.39. The lowest BCUT2D eigenvalue weighted by Crippen LogP contribution is -2.53. The number of rotatable bonds is 3. The molecule has 0 atom stereocenters. The van der Waals surface area contributed by atoms with Crippen molar-refractivity contribution in [2.45, 2.75) is 26.3 Å². The predicted octanol–water partition coefficient (Wildman–Crippen LogP) is 1.46. The second kappa shape index (κ2) is 5.66. The number of nitrogens with zero attached hydrogens (tertiary/aromatic N) is 2. The lowest BCUT2D eigenvalue weighted by Gasteiger charge is -2.43. The van der Waals surface area contributed by atoms with E-state index in [-0.39, 0.29) is 5.54 Å². The van der Waals surface area contributed by atoms with E-state index in [2.05, 4.69) is 23.7 Å². The summed E-state index contributed by atoms with van der Waals surface area (Å²) in [5.74, 6) is 0.301. The lowest BCUT2D eigenvalue weighted by atomic mass is 10.0. The van der Waals surface area contributed by atoms with Gasteiger partial charge in [0.05, 0.1) is 42.8 Å². The number of hydrogen-bond donors (Lipinski definition) is 1. The van der Waals surface area contributed by atoms with Gasteiger partial charge in [-0.1, -0.05) is 0 Å². The Hall–Kier alpha value is -1.82. The van der Waals surface area contributed by atoms with E-state index in [4.69, 9.17) is 15.2 Å². The smallest absolute Gasteiger partial charge is 0.340 e.